The number of fused-ring (bicyclic) bond motifs is 3. The fourth-order valence-corrected chi connectivity index (χ4v) is 5.26. The first-order valence-corrected chi connectivity index (χ1v) is 13.4. The zero-order chi connectivity index (χ0) is 26.1. The number of hydrogen-bond acceptors (Lipinski definition) is 4. The molecule has 1 N–H and O–H groups in total. The van der Waals surface area contributed by atoms with E-state index in [9.17, 15) is 8.42 Å². The summed E-state index contributed by atoms with van der Waals surface area (Å²) in [6, 6.07) is 41.6. The Balaban J connectivity index is 0.000000240. The molecule has 7 heteroatoms. The van der Waals surface area contributed by atoms with Crippen LogP contribution in [-0.4, -0.2) is 22.9 Å². The SMILES string of the molecule is O=S(=O)(O)c1ccccn1.[Ir].[c-]1cccc(-c2ccccc2)c1-c1cc2c3c(cccc3n1)-c1ccccc1-2. The van der Waals surface area contributed by atoms with Crippen molar-refractivity contribution in [3.05, 3.63) is 128 Å². The molecule has 0 fully saturated rings. The topological polar surface area (TPSA) is 80.2 Å². The van der Waals surface area contributed by atoms with Gasteiger partial charge in [-0.3, -0.25) is 9.54 Å². The van der Waals surface area contributed by atoms with Crippen LogP contribution in [0.5, 0.6) is 0 Å². The molecule has 7 rings (SSSR count). The van der Waals surface area contributed by atoms with Gasteiger partial charge in [0.2, 0.25) is 0 Å². The van der Waals surface area contributed by atoms with Gasteiger partial charge >= 0.3 is 10.1 Å². The molecule has 4 aromatic carbocycles. The second-order valence-corrected chi connectivity index (χ2v) is 10.1. The zero-order valence-corrected chi connectivity index (χ0v) is 23.7. The molecule has 5 nitrogen and oxygen atoms in total. The Kier molecular flexibility index (Phi) is 7.51. The van der Waals surface area contributed by atoms with Gasteiger partial charge in [-0.25, -0.2) is 4.98 Å². The number of aromatic nitrogens is 2. The molecule has 39 heavy (non-hydrogen) atoms. The molecule has 0 spiro atoms. The van der Waals surface area contributed by atoms with E-state index in [2.05, 4.69) is 89.9 Å². The summed E-state index contributed by atoms with van der Waals surface area (Å²) in [5, 5.41) is 0.930. The number of pyridine rings is 2. The van der Waals surface area contributed by atoms with Crippen molar-refractivity contribution in [2.75, 3.05) is 0 Å². The van der Waals surface area contributed by atoms with Crippen LogP contribution >= 0.6 is 0 Å². The van der Waals surface area contributed by atoms with Gasteiger partial charge in [0.15, 0.2) is 5.03 Å². The van der Waals surface area contributed by atoms with Crippen LogP contribution in [0.25, 0.3) is 55.5 Å². The van der Waals surface area contributed by atoms with Crippen LogP contribution in [0.4, 0.5) is 0 Å². The molecule has 1 aliphatic rings. The second kappa shape index (κ2) is 11.0. The average molecular weight is 706 g/mol. The summed E-state index contributed by atoms with van der Waals surface area (Å²) in [5.41, 5.74) is 10.5. The van der Waals surface area contributed by atoms with Gasteiger partial charge in [-0.15, -0.1) is 29.8 Å². The third kappa shape index (κ3) is 5.18. The summed E-state index contributed by atoms with van der Waals surface area (Å²) in [7, 11) is -4.11. The van der Waals surface area contributed by atoms with Gasteiger partial charge in [0.1, 0.15) is 0 Å². The van der Waals surface area contributed by atoms with E-state index >= 15 is 0 Å². The fourth-order valence-electron chi connectivity index (χ4n) is 4.81. The van der Waals surface area contributed by atoms with E-state index in [4.69, 9.17) is 9.54 Å². The first-order valence-electron chi connectivity index (χ1n) is 12.0. The van der Waals surface area contributed by atoms with Crippen molar-refractivity contribution in [2.45, 2.75) is 5.03 Å². The van der Waals surface area contributed by atoms with Crippen molar-refractivity contribution in [1.82, 2.24) is 9.97 Å². The standard InChI is InChI=1S/C27H16N.C5H5NO3S.Ir/c1-2-9-18(10-3-1)19-11-4-7-14-22(19)26-17-24-21-13-6-5-12-20(21)23-15-8-16-25(28-26)27(23)24;7-10(8,9)5-3-1-2-4-6-5;/h1-13,15-17H;1-4H,(H,7,8,9);/q-1;;. The maximum atomic E-state index is 10.3. The Bertz CT molecular complexity index is 1890. The van der Waals surface area contributed by atoms with E-state index in [-0.39, 0.29) is 25.1 Å². The predicted molar refractivity (Wildman–Crippen MR) is 150 cm³/mol. The van der Waals surface area contributed by atoms with Crippen LogP contribution in [-0.2, 0) is 30.2 Å². The van der Waals surface area contributed by atoms with Crippen molar-refractivity contribution in [1.29, 1.82) is 0 Å². The van der Waals surface area contributed by atoms with Crippen molar-refractivity contribution >= 4 is 21.0 Å². The van der Waals surface area contributed by atoms with Crippen molar-refractivity contribution in [3.8, 4) is 44.6 Å². The van der Waals surface area contributed by atoms with Crippen LogP contribution in [0.15, 0.2) is 126 Å². The minimum absolute atomic E-state index is 0. The second-order valence-electron chi connectivity index (χ2n) is 8.77. The smallest absolute Gasteiger partial charge is 0.296 e. The number of benzene rings is 4. The van der Waals surface area contributed by atoms with E-state index in [0.717, 1.165) is 22.3 Å². The summed E-state index contributed by atoms with van der Waals surface area (Å²) in [5.74, 6) is 0. The molecule has 193 valence electrons. The van der Waals surface area contributed by atoms with E-state index in [1.807, 2.05) is 18.2 Å². The van der Waals surface area contributed by atoms with Gasteiger partial charge in [0, 0.05) is 31.7 Å². The molecule has 1 aliphatic carbocycles. The first-order chi connectivity index (χ1) is 18.5. The van der Waals surface area contributed by atoms with Gasteiger partial charge in [0.05, 0.1) is 5.52 Å². The summed E-state index contributed by atoms with van der Waals surface area (Å²) in [6.45, 7) is 0. The quantitative estimate of drug-likeness (QED) is 0.154. The Hall–Kier alpha value is -4.00. The molecule has 2 aromatic heterocycles. The molecule has 0 unspecified atom stereocenters. The number of hydrogen-bond donors (Lipinski definition) is 1. The largest absolute Gasteiger partial charge is 0.312 e. The molecule has 0 atom stereocenters. The van der Waals surface area contributed by atoms with Crippen LogP contribution in [0.3, 0.4) is 0 Å². The normalized spacial score (nSPS) is 11.2. The molecule has 0 aliphatic heterocycles. The molecule has 0 amide bonds. The minimum Gasteiger partial charge on any atom is -0.296 e. The van der Waals surface area contributed by atoms with Gasteiger partial charge in [0.25, 0.3) is 0 Å². The maximum absolute atomic E-state index is 10.3. The number of rotatable bonds is 3. The molecule has 6 aromatic rings. The summed E-state index contributed by atoms with van der Waals surface area (Å²) >= 11 is 0. The Labute approximate surface area is 240 Å². The van der Waals surface area contributed by atoms with Gasteiger partial charge in [-0.2, -0.15) is 8.42 Å². The molecule has 0 saturated heterocycles. The van der Waals surface area contributed by atoms with Crippen LogP contribution < -0.4 is 0 Å². The Morgan fingerprint density at radius 3 is 2.03 bits per heavy atom. The fraction of sp³-hybridized carbons (Fsp3) is 0. The van der Waals surface area contributed by atoms with Crippen molar-refractivity contribution in [2.24, 2.45) is 0 Å². The minimum atomic E-state index is -4.11. The van der Waals surface area contributed by atoms with Crippen molar-refractivity contribution < 1.29 is 33.1 Å². The van der Waals surface area contributed by atoms with Crippen LogP contribution in [0.1, 0.15) is 0 Å². The molecule has 1 radical (unpaired) electrons. The third-order valence-corrected chi connectivity index (χ3v) is 7.21. The predicted octanol–water partition coefficient (Wildman–Crippen LogP) is 7.34. The van der Waals surface area contributed by atoms with Crippen LogP contribution in [0.2, 0.25) is 0 Å². The summed E-state index contributed by atoms with van der Waals surface area (Å²) in [4.78, 5) is 8.46. The third-order valence-electron chi connectivity index (χ3n) is 6.44. The molecule has 0 bridgehead atoms. The molecular weight excluding hydrogens is 685 g/mol. The van der Waals surface area contributed by atoms with Crippen molar-refractivity contribution in [3.63, 3.8) is 0 Å². The van der Waals surface area contributed by atoms with E-state index < -0.39 is 10.1 Å². The molecular formula is C32H21IrN2O3S-. The Morgan fingerprint density at radius 2 is 1.33 bits per heavy atom. The van der Waals surface area contributed by atoms with E-state index in [1.54, 1.807) is 6.07 Å². The van der Waals surface area contributed by atoms with Gasteiger partial charge in [-0.1, -0.05) is 90.0 Å². The monoisotopic (exact) mass is 706 g/mol. The van der Waals surface area contributed by atoms with E-state index in [0.29, 0.717) is 0 Å². The average Bonchev–Trinajstić information content (AvgIpc) is 3.29. The molecule has 2 heterocycles. The first kappa shape index (κ1) is 26.6. The Morgan fingerprint density at radius 1 is 0.667 bits per heavy atom. The zero-order valence-electron chi connectivity index (χ0n) is 20.4. The van der Waals surface area contributed by atoms with E-state index in [1.165, 1.54) is 51.5 Å². The van der Waals surface area contributed by atoms with Gasteiger partial charge < -0.3 is 0 Å². The molecule has 0 saturated carbocycles. The summed E-state index contributed by atoms with van der Waals surface area (Å²) < 4.78 is 29.1. The number of nitrogens with zero attached hydrogens (tertiary/aromatic N) is 2. The summed E-state index contributed by atoms with van der Waals surface area (Å²) in [6.07, 6.45) is 1.29. The van der Waals surface area contributed by atoms with Gasteiger partial charge in [-0.05, 0) is 46.1 Å². The van der Waals surface area contributed by atoms with Crippen LogP contribution in [0, 0.1) is 6.07 Å². The maximum Gasteiger partial charge on any atom is 0.312 e.